The summed E-state index contributed by atoms with van der Waals surface area (Å²) < 4.78 is 5.83. The first kappa shape index (κ1) is 18.0. The lowest BCUT2D eigenvalue weighted by molar-refractivity contribution is -0.184. The molecule has 4 atom stereocenters. The maximum atomic E-state index is 13.2. The number of hydrogen-bond acceptors (Lipinski definition) is 3. The van der Waals surface area contributed by atoms with Gasteiger partial charge in [-0.25, -0.2) is 0 Å². The molecule has 0 aliphatic carbocycles. The molecule has 1 amide bonds. The third-order valence-electron chi connectivity index (χ3n) is 5.79. The number of carbonyl (C=O) groups is 2. The molecule has 4 nitrogen and oxygen atoms in total. The SMILES string of the molecule is CC(C)[C@@H]1C[C@H]2[C@H](C[C@@H](C(C)C)C(=O)N2Cc2ccccc2)OC1=O. The Kier molecular flexibility index (Phi) is 5.16. The third-order valence-corrected chi connectivity index (χ3v) is 5.79. The van der Waals surface area contributed by atoms with Gasteiger partial charge in [0.2, 0.25) is 5.91 Å². The van der Waals surface area contributed by atoms with Crippen LogP contribution in [0, 0.1) is 23.7 Å². The van der Waals surface area contributed by atoms with Gasteiger partial charge in [-0.1, -0.05) is 58.0 Å². The smallest absolute Gasteiger partial charge is 0.309 e. The van der Waals surface area contributed by atoms with Gasteiger partial charge >= 0.3 is 5.97 Å². The maximum absolute atomic E-state index is 13.2. The molecule has 4 heteroatoms. The summed E-state index contributed by atoms with van der Waals surface area (Å²) in [6.45, 7) is 8.84. The number of carbonyl (C=O) groups excluding carboxylic acids is 2. The van der Waals surface area contributed by atoms with Crippen LogP contribution in [0.5, 0.6) is 0 Å². The second-order valence-corrected chi connectivity index (χ2v) is 8.17. The molecule has 2 aliphatic rings. The van der Waals surface area contributed by atoms with E-state index in [4.69, 9.17) is 4.74 Å². The Morgan fingerprint density at radius 2 is 1.64 bits per heavy atom. The summed E-state index contributed by atoms with van der Waals surface area (Å²) in [5.74, 6) is 0.391. The van der Waals surface area contributed by atoms with Crippen LogP contribution in [0.25, 0.3) is 0 Å². The molecule has 2 saturated heterocycles. The van der Waals surface area contributed by atoms with Crippen LogP contribution in [0.2, 0.25) is 0 Å². The van der Waals surface area contributed by atoms with Crippen molar-refractivity contribution in [2.45, 2.75) is 59.2 Å². The fraction of sp³-hybridized carbons (Fsp3) is 0.619. The van der Waals surface area contributed by atoms with Crippen LogP contribution in [-0.2, 0) is 20.9 Å². The standard InChI is InChI=1S/C21H29NO3/c1-13(2)16-11-19-18(10-17(14(3)4)21(24)25-19)22(20(16)23)12-15-8-6-5-7-9-15/h5-9,13-14,16-19H,10-12H2,1-4H3/t16-,17-,18-,19-/m0/s1. The van der Waals surface area contributed by atoms with E-state index in [9.17, 15) is 9.59 Å². The second-order valence-electron chi connectivity index (χ2n) is 8.17. The number of rotatable bonds is 4. The van der Waals surface area contributed by atoms with Crippen LogP contribution in [0.4, 0.5) is 0 Å². The predicted molar refractivity (Wildman–Crippen MR) is 96.6 cm³/mol. The zero-order valence-corrected chi connectivity index (χ0v) is 15.6. The van der Waals surface area contributed by atoms with Gasteiger partial charge in [-0.2, -0.15) is 0 Å². The van der Waals surface area contributed by atoms with Crippen molar-refractivity contribution < 1.29 is 14.3 Å². The lowest BCUT2D eigenvalue weighted by Crippen LogP contribution is -2.60. The number of nitrogens with zero attached hydrogens (tertiary/aromatic N) is 1. The topological polar surface area (TPSA) is 46.6 Å². The summed E-state index contributed by atoms with van der Waals surface area (Å²) in [5, 5.41) is 0. The molecule has 0 spiro atoms. The minimum absolute atomic E-state index is 0.00666. The fourth-order valence-electron chi connectivity index (χ4n) is 4.16. The number of amides is 1. The van der Waals surface area contributed by atoms with Crippen LogP contribution in [0.1, 0.15) is 46.1 Å². The summed E-state index contributed by atoms with van der Waals surface area (Å²) >= 11 is 0. The second kappa shape index (κ2) is 7.19. The van der Waals surface area contributed by atoms with Gasteiger partial charge in [-0.15, -0.1) is 0 Å². The van der Waals surface area contributed by atoms with Gasteiger partial charge in [-0.3, -0.25) is 9.59 Å². The third kappa shape index (κ3) is 3.58. The number of piperidine rings is 1. The Labute approximate surface area is 150 Å². The van der Waals surface area contributed by atoms with Gasteiger partial charge in [0.1, 0.15) is 6.10 Å². The first-order chi connectivity index (χ1) is 11.9. The van der Waals surface area contributed by atoms with Gasteiger partial charge in [0.25, 0.3) is 0 Å². The van der Waals surface area contributed by atoms with E-state index in [0.29, 0.717) is 19.4 Å². The molecule has 0 unspecified atom stereocenters. The molecule has 2 fully saturated rings. The van der Waals surface area contributed by atoms with E-state index >= 15 is 0 Å². The van der Waals surface area contributed by atoms with Crippen molar-refractivity contribution in [3.63, 3.8) is 0 Å². The van der Waals surface area contributed by atoms with E-state index in [2.05, 4.69) is 39.8 Å². The molecule has 0 aromatic heterocycles. The zero-order valence-electron chi connectivity index (χ0n) is 15.6. The van der Waals surface area contributed by atoms with Crippen molar-refractivity contribution in [2.24, 2.45) is 23.7 Å². The molecule has 2 aliphatic heterocycles. The summed E-state index contributed by atoms with van der Waals surface area (Å²) in [5.41, 5.74) is 1.12. The van der Waals surface area contributed by atoms with Crippen LogP contribution in [-0.4, -0.2) is 28.9 Å². The number of ether oxygens (including phenoxy) is 1. The molecule has 25 heavy (non-hydrogen) atoms. The molecule has 0 saturated carbocycles. The number of likely N-dealkylation sites (tertiary alicyclic amines) is 1. The highest BCUT2D eigenvalue weighted by atomic mass is 16.5. The van der Waals surface area contributed by atoms with E-state index in [1.807, 2.05) is 23.1 Å². The Bertz CT molecular complexity index is 625. The summed E-state index contributed by atoms with van der Waals surface area (Å²) in [4.78, 5) is 27.5. The highest BCUT2D eigenvalue weighted by Gasteiger charge is 2.49. The zero-order chi connectivity index (χ0) is 18.1. The average molecular weight is 343 g/mol. The number of benzene rings is 1. The van der Waals surface area contributed by atoms with Gasteiger partial charge < -0.3 is 9.64 Å². The normalized spacial score (nSPS) is 29.8. The molecule has 3 rings (SSSR count). The van der Waals surface area contributed by atoms with Crippen molar-refractivity contribution in [2.75, 3.05) is 0 Å². The quantitative estimate of drug-likeness (QED) is 0.784. The molecule has 0 bridgehead atoms. The molecule has 0 N–H and O–H groups in total. The Morgan fingerprint density at radius 3 is 2.24 bits per heavy atom. The molecule has 2 heterocycles. The van der Waals surface area contributed by atoms with Crippen molar-refractivity contribution in [3.8, 4) is 0 Å². The average Bonchev–Trinajstić information content (AvgIpc) is 2.57. The Hall–Kier alpha value is -1.84. The van der Waals surface area contributed by atoms with Crippen LogP contribution >= 0.6 is 0 Å². The maximum Gasteiger partial charge on any atom is 0.309 e. The highest BCUT2D eigenvalue weighted by Crippen LogP contribution is 2.39. The number of fused-ring (bicyclic) bond motifs is 1. The minimum Gasteiger partial charge on any atom is -0.460 e. The van der Waals surface area contributed by atoms with Crippen molar-refractivity contribution in [1.82, 2.24) is 4.90 Å². The molecular weight excluding hydrogens is 314 g/mol. The van der Waals surface area contributed by atoms with Crippen LogP contribution < -0.4 is 0 Å². The van der Waals surface area contributed by atoms with E-state index in [-0.39, 0.29) is 47.7 Å². The van der Waals surface area contributed by atoms with Crippen LogP contribution in [0.15, 0.2) is 30.3 Å². The minimum atomic E-state index is -0.170. The number of esters is 1. The van der Waals surface area contributed by atoms with Crippen molar-refractivity contribution >= 4 is 11.9 Å². The van der Waals surface area contributed by atoms with E-state index in [1.54, 1.807) is 0 Å². The van der Waals surface area contributed by atoms with Gasteiger partial charge in [-0.05, 0) is 30.2 Å². The lowest BCUT2D eigenvalue weighted by atomic mass is 9.76. The molecule has 136 valence electrons. The van der Waals surface area contributed by atoms with Gasteiger partial charge in [0.15, 0.2) is 0 Å². The monoisotopic (exact) mass is 343 g/mol. The van der Waals surface area contributed by atoms with Gasteiger partial charge in [0, 0.05) is 12.5 Å². The molecule has 1 aromatic carbocycles. The Morgan fingerprint density at radius 1 is 1.00 bits per heavy atom. The Balaban J connectivity index is 1.89. The van der Waals surface area contributed by atoms with Gasteiger partial charge in [0.05, 0.1) is 12.0 Å². The highest BCUT2D eigenvalue weighted by molar-refractivity contribution is 5.82. The largest absolute Gasteiger partial charge is 0.460 e. The summed E-state index contributed by atoms with van der Waals surface area (Å²) in [7, 11) is 0. The molecular formula is C21H29NO3. The predicted octanol–water partition coefficient (Wildman–Crippen LogP) is 3.65. The first-order valence-electron chi connectivity index (χ1n) is 9.43. The summed E-state index contributed by atoms with van der Waals surface area (Å²) in [6, 6.07) is 10.1. The van der Waals surface area contributed by atoms with E-state index < -0.39 is 0 Å². The van der Waals surface area contributed by atoms with Crippen LogP contribution in [0.3, 0.4) is 0 Å². The number of hydrogen-bond donors (Lipinski definition) is 0. The van der Waals surface area contributed by atoms with E-state index in [1.165, 1.54) is 0 Å². The lowest BCUT2D eigenvalue weighted by Gasteiger charge is -2.48. The van der Waals surface area contributed by atoms with E-state index in [0.717, 1.165) is 5.56 Å². The molecule has 0 radical (unpaired) electrons. The fourth-order valence-corrected chi connectivity index (χ4v) is 4.16. The first-order valence-corrected chi connectivity index (χ1v) is 9.43. The summed E-state index contributed by atoms with van der Waals surface area (Å²) in [6.07, 6.45) is 1.20. The molecule has 1 aromatic rings. The van der Waals surface area contributed by atoms with Crippen molar-refractivity contribution in [1.29, 1.82) is 0 Å². The van der Waals surface area contributed by atoms with Crippen molar-refractivity contribution in [3.05, 3.63) is 35.9 Å².